The summed E-state index contributed by atoms with van der Waals surface area (Å²) in [6.07, 6.45) is 1.77. The number of sulfone groups is 1. The number of halogens is 2. The van der Waals surface area contributed by atoms with Crippen molar-refractivity contribution in [1.82, 2.24) is 5.32 Å². The van der Waals surface area contributed by atoms with Gasteiger partial charge < -0.3 is 5.32 Å². The fourth-order valence-corrected chi connectivity index (χ4v) is 4.18. The minimum absolute atomic E-state index is 0.0614. The summed E-state index contributed by atoms with van der Waals surface area (Å²) >= 11 is 7.43. The Hall–Kier alpha value is -1.57. The number of hydrogen-bond acceptors (Lipinski definition) is 4. The van der Waals surface area contributed by atoms with Crippen LogP contribution in [0.15, 0.2) is 52.3 Å². The van der Waals surface area contributed by atoms with Gasteiger partial charge in [0.05, 0.1) is 9.92 Å². The lowest BCUT2D eigenvalue weighted by Gasteiger charge is -2.08. The minimum Gasteiger partial charge on any atom is -0.352 e. The van der Waals surface area contributed by atoms with E-state index < -0.39 is 9.84 Å². The molecule has 25 heavy (non-hydrogen) atoms. The maximum Gasteiger partial charge on any atom is 0.251 e. The molecule has 0 aliphatic heterocycles. The van der Waals surface area contributed by atoms with Crippen LogP contribution in [0.5, 0.6) is 0 Å². The first-order valence-electron chi connectivity index (χ1n) is 7.43. The zero-order valence-corrected chi connectivity index (χ0v) is 15.8. The van der Waals surface area contributed by atoms with Gasteiger partial charge in [0.1, 0.15) is 5.82 Å². The third kappa shape index (κ3) is 6.02. The van der Waals surface area contributed by atoms with Crippen LogP contribution in [0.25, 0.3) is 0 Å². The molecule has 0 unspecified atom stereocenters. The molecule has 1 amide bonds. The Morgan fingerprint density at radius 2 is 1.88 bits per heavy atom. The maximum atomic E-state index is 12.8. The Bertz CT molecular complexity index is 855. The molecule has 0 aromatic heterocycles. The first-order chi connectivity index (χ1) is 11.8. The molecule has 8 heteroatoms. The van der Waals surface area contributed by atoms with Crippen molar-refractivity contribution in [2.24, 2.45) is 0 Å². The molecular weight excluding hydrogens is 385 g/mol. The molecule has 4 nitrogen and oxygen atoms in total. The molecule has 0 spiro atoms. The number of carbonyl (C=O) groups is 1. The molecule has 0 bridgehead atoms. The highest BCUT2D eigenvalue weighted by Crippen LogP contribution is 2.22. The van der Waals surface area contributed by atoms with Crippen molar-refractivity contribution < 1.29 is 17.6 Å². The van der Waals surface area contributed by atoms with Gasteiger partial charge in [0.25, 0.3) is 5.91 Å². The Balaban J connectivity index is 1.83. The largest absolute Gasteiger partial charge is 0.352 e. The Morgan fingerprint density at radius 1 is 1.20 bits per heavy atom. The van der Waals surface area contributed by atoms with Gasteiger partial charge >= 0.3 is 0 Å². The molecule has 1 N–H and O–H groups in total. The molecule has 0 saturated heterocycles. The van der Waals surface area contributed by atoms with Crippen LogP contribution in [0.1, 0.15) is 16.8 Å². The van der Waals surface area contributed by atoms with Crippen LogP contribution >= 0.6 is 23.4 Å². The average Bonchev–Trinajstić information content (AvgIpc) is 2.55. The third-order valence-corrected chi connectivity index (χ3v) is 5.96. The quantitative estimate of drug-likeness (QED) is 0.566. The van der Waals surface area contributed by atoms with E-state index >= 15 is 0 Å². The first-order valence-corrected chi connectivity index (χ1v) is 10.7. The zero-order valence-electron chi connectivity index (χ0n) is 13.5. The van der Waals surface area contributed by atoms with Crippen molar-refractivity contribution in [1.29, 1.82) is 0 Å². The van der Waals surface area contributed by atoms with Crippen LogP contribution in [0.4, 0.5) is 4.39 Å². The molecule has 2 aromatic carbocycles. The SMILES string of the molecule is CS(=O)(=O)c1cc(C(=O)NCCCSc2ccc(F)cc2)ccc1Cl. The van der Waals surface area contributed by atoms with E-state index in [1.807, 2.05) is 0 Å². The van der Waals surface area contributed by atoms with Gasteiger partial charge in [-0.2, -0.15) is 0 Å². The topological polar surface area (TPSA) is 63.2 Å². The third-order valence-electron chi connectivity index (χ3n) is 3.28. The van der Waals surface area contributed by atoms with Gasteiger partial charge in [-0.3, -0.25) is 4.79 Å². The lowest BCUT2D eigenvalue weighted by atomic mass is 10.2. The lowest BCUT2D eigenvalue weighted by molar-refractivity contribution is 0.0953. The average molecular weight is 402 g/mol. The summed E-state index contributed by atoms with van der Waals surface area (Å²) in [4.78, 5) is 13.0. The summed E-state index contributed by atoms with van der Waals surface area (Å²) in [5, 5.41) is 2.83. The number of thioether (sulfide) groups is 1. The minimum atomic E-state index is -3.49. The Labute approximate surface area is 155 Å². The number of benzene rings is 2. The molecule has 0 aliphatic rings. The van der Waals surface area contributed by atoms with Crippen LogP contribution in [0.2, 0.25) is 5.02 Å². The highest BCUT2D eigenvalue weighted by Gasteiger charge is 2.15. The monoisotopic (exact) mass is 401 g/mol. The summed E-state index contributed by atoms with van der Waals surface area (Å²) in [5.74, 6) is 0.141. The molecule has 134 valence electrons. The van der Waals surface area contributed by atoms with Gasteiger partial charge in [0, 0.05) is 23.3 Å². The molecular formula is C17H17ClFNO3S2. The Kier molecular flexibility index (Phi) is 6.87. The first kappa shape index (κ1) is 19.8. The molecule has 2 aromatic rings. The molecule has 0 atom stereocenters. The molecule has 2 rings (SSSR count). The smallest absolute Gasteiger partial charge is 0.251 e. The lowest BCUT2D eigenvalue weighted by Crippen LogP contribution is -2.25. The van der Waals surface area contributed by atoms with Crippen molar-refractivity contribution in [3.63, 3.8) is 0 Å². The van der Waals surface area contributed by atoms with Gasteiger partial charge in [0.15, 0.2) is 9.84 Å². The predicted octanol–water partition coefficient (Wildman–Crippen LogP) is 3.79. The molecule has 0 fully saturated rings. The summed E-state index contributed by atoms with van der Waals surface area (Å²) in [6, 6.07) is 10.4. The maximum absolute atomic E-state index is 12.8. The summed E-state index contributed by atoms with van der Waals surface area (Å²) in [6.45, 7) is 0.448. The van der Waals surface area contributed by atoms with Crippen LogP contribution in [0, 0.1) is 5.82 Å². The second-order valence-electron chi connectivity index (χ2n) is 5.33. The van der Waals surface area contributed by atoms with Gasteiger partial charge in [-0.25, -0.2) is 12.8 Å². The summed E-state index contributed by atoms with van der Waals surface area (Å²) in [7, 11) is -3.49. The molecule has 0 heterocycles. The number of carbonyl (C=O) groups excluding carboxylic acids is 1. The zero-order chi connectivity index (χ0) is 18.4. The van der Waals surface area contributed by atoms with E-state index in [4.69, 9.17) is 11.6 Å². The van der Waals surface area contributed by atoms with Crippen LogP contribution in [-0.4, -0.2) is 32.9 Å². The second-order valence-corrected chi connectivity index (χ2v) is 8.89. The summed E-state index contributed by atoms with van der Waals surface area (Å²) < 4.78 is 36.1. The van der Waals surface area contributed by atoms with E-state index in [1.54, 1.807) is 23.9 Å². The van der Waals surface area contributed by atoms with Gasteiger partial charge in [-0.05, 0) is 54.6 Å². The normalized spacial score (nSPS) is 11.3. The summed E-state index contributed by atoms with van der Waals surface area (Å²) in [5.41, 5.74) is 0.246. The second kappa shape index (κ2) is 8.69. The number of amides is 1. The van der Waals surface area contributed by atoms with E-state index in [9.17, 15) is 17.6 Å². The van der Waals surface area contributed by atoms with E-state index in [2.05, 4.69) is 5.32 Å². The molecule has 0 radical (unpaired) electrons. The van der Waals surface area contributed by atoms with E-state index in [0.29, 0.717) is 6.54 Å². The number of rotatable bonds is 7. The number of hydrogen-bond donors (Lipinski definition) is 1. The van der Waals surface area contributed by atoms with Gasteiger partial charge in [-0.1, -0.05) is 11.6 Å². The van der Waals surface area contributed by atoms with Gasteiger partial charge in [0.2, 0.25) is 0 Å². The highest BCUT2D eigenvalue weighted by molar-refractivity contribution is 7.99. The van der Waals surface area contributed by atoms with E-state index in [1.165, 1.54) is 30.3 Å². The predicted molar refractivity (Wildman–Crippen MR) is 98.6 cm³/mol. The standard InChI is InChI=1S/C17H17ClFNO3S2/c1-25(22,23)16-11-12(3-8-15(16)18)17(21)20-9-2-10-24-14-6-4-13(19)5-7-14/h3-8,11H,2,9-10H2,1H3,(H,20,21). The van der Waals surface area contributed by atoms with Crippen molar-refractivity contribution in [2.75, 3.05) is 18.6 Å². The van der Waals surface area contributed by atoms with Crippen LogP contribution in [0.3, 0.4) is 0 Å². The van der Waals surface area contributed by atoms with Crippen molar-refractivity contribution in [3.8, 4) is 0 Å². The van der Waals surface area contributed by atoms with E-state index in [0.717, 1.165) is 23.3 Å². The van der Waals surface area contributed by atoms with E-state index in [-0.39, 0.29) is 27.2 Å². The van der Waals surface area contributed by atoms with Crippen molar-refractivity contribution in [3.05, 3.63) is 58.9 Å². The fraction of sp³-hybridized carbons (Fsp3) is 0.235. The van der Waals surface area contributed by atoms with Crippen LogP contribution in [-0.2, 0) is 9.84 Å². The Morgan fingerprint density at radius 3 is 2.52 bits per heavy atom. The molecule has 0 aliphatic carbocycles. The van der Waals surface area contributed by atoms with Crippen molar-refractivity contribution in [2.45, 2.75) is 16.2 Å². The fourth-order valence-electron chi connectivity index (χ4n) is 2.03. The highest BCUT2D eigenvalue weighted by atomic mass is 35.5. The van der Waals surface area contributed by atoms with Crippen LogP contribution < -0.4 is 5.32 Å². The van der Waals surface area contributed by atoms with Crippen molar-refractivity contribution >= 4 is 39.1 Å². The number of nitrogens with one attached hydrogen (secondary N) is 1. The van der Waals surface area contributed by atoms with Gasteiger partial charge in [-0.15, -0.1) is 11.8 Å². The molecule has 0 saturated carbocycles.